The molecule has 2 aromatic rings. The second-order valence-electron chi connectivity index (χ2n) is 5.90. The smallest absolute Gasteiger partial charge is 0.240 e. The first kappa shape index (κ1) is 21.6. The summed E-state index contributed by atoms with van der Waals surface area (Å²) >= 11 is 11.6. The Balaban J connectivity index is 1.57. The largest absolute Gasteiger partial charge is 0.273 e. The van der Waals surface area contributed by atoms with Gasteiger partial charge in [0, 0.05) is 22.9 Å². The van der Waals surface area contributed by atoms with Crippen LogP contribution in [-0.4, -0.2) is 24.2 Å². The van der Waals surface area contributed by atoms with E-state index in [4.69, 9.17) is 23.2 Å². The zero-order valence-corrected chi connectivity index (χ0v) is 16.6. The van der Waals surface area contributed by atoms with Gasteiger partial charge in [0.2, 0.25) is 11.8 Å². The zero-order valence-electron chi connectivity index (χ0n) is 15.1. The molecular weight excluding hydrogens is 399 g/mol. The molecule has 0 spiro atoms. The Morgan fingerprint density at radius 3 is 1.43 bits per heavy atom. The van der Waals surface area contributed by atoms with Crippen molar-refractivity contribution in [2.75, 3.05) is 0 Å². The van der Waals surface area contributed by atoms with Crippen molar-refractivity contribution in [3.63, 3.8) is 0 Å². The molecule has 146 valence electrons. The van der Waals surface area contributed by atoms with E-state index in [9.17, 15) is 9.59 Å². The van der Waals surface area contributed by atoms with E-state index in [0.717, 1.165) is 11.1 Å². The van der Waals surface area contributed by atoms with Gasteiger partial charge in [0.25, 0.3) is 0 Å². The van der Waals surface area contributed by atoms with Gasteiger partial charge in [-0.25, -0.2) is 10.9 Å². The van der Waals surface area contributed by atoms with Crippen LogP contribution in [0.1, 0.15) is 36.8 Å². The van der Waals surface area contributed by atoms with Crippen molar-refractivity contribution in [2.45, 2.75) is 25.7 Å². The quantitative estimate of drug-likeness (QED) is 0.364. The average molecular weight is 419 g/mol. The lowest BCUT2D eigenvalue weighted by Gasteiger charge is -2.01. The molecule has 0 aliphatic rings. The molecule has 0 saturated carbocycles. The van der Waals surface area contributed by atoms with Gasteiger partial charge < -0.3 is 0 Å². The summed E-state index contributed by atoms with van der Waals surface area (Å²) in [6, 6.07) is 14.2. The summed E-state index contributed by atoms with van der Waals surface area (Å²) in [6.07, 6.45) is 4.83. The van der Waals surface area contributed by atoms with Crippen molar-refractivity contribution >= 4 is 47.4 Å². The van der Waals surface area contributed by atoms with Gasteiger partial charge in [-0.1, -0.05) is 47.5 Å². The van der Waals surface area contributed by atoms with Gasteiger partial charge in [-0.3, -0.25) is 9.59 Å². The Kier molecular flexibility index (Phi) is 9.18. The minimum absolute atomic E-state index is 0.202. The van der Waals surface area contributed by atoms with Crippen LogP contribution in [0.3, 0.4) is 0 Å². The zero-order chi connectivity index (χ0) is 20.2. The van der Waals surface area contributed by atoms with Crippen molar-refractivity contribution in [3.05, 3.63) is 69.7 Å². The summed E-state index contributed by atoms with van der Waals surface area (Å²) in [4.78, 5) is 23.4. The second kappa shape index (κ2) is 11.9. The molecule has 0 saturated heterocycles. The van der Waals surface area contributed by atoms with E-state index in [1.54, 1.807) is 61.0 Å². The highest BCUT2D eigenvalue weighted by atomic mass is 35.5. The number of hydrogen-bond donors (Lipinski definition) is 2. The van der Waals surface area contributed by atoms with E-state index in [-0.39, 0.29) is 11.8 Å². The van der Waals surface area contributed by atoms with Crippen LogP contribution in [0.15, 0.2) is 58.7 Å². The first-order chi connectivity index (χ1) is 13.5. The molecule has 0 radical (unpaired) electrons. The predicted octanol–water partition coefficient (Wildman–Crippen LogP) is 4.15. The molecule has 0 aliphatic heterocycles. The highest BCUT2D eigenvalue weighted by Crippen LogP contribution is 2.08. The van der Waals surface area contributed by atoms with Crippen LogP contribution in [0.2, 0.25) is 10.0 Å². The molecule has 0 unspecified atom stereocenters. The van der Waals surface area contributed by atoms with E-state index in [0.29, 0.717) is 35.7 Å². The molecule has 28 heavy (non-hydrogen) atoms. The van der Waals surface area contributed by atoms with Crippen LogP contribution in [0, 0.1) is 0 Å². The lowest BCUT2D eigenvalue weighted by molar-refractivity contribution is -0.123. The normalized spacial score (nSPS) is 11.1. The number of amides is 2. The van der Waals surface area contributed by atoms with E-state index < -0.39 is 0 Å². The molecule has 0 fully saturated rings. The molecule has 0 aliphatic carbocycles. The maximum Gasteiger partial charge on any atom is 0.240 e. The Hall–Kier alpha value is -2.70. The van der Waals surface area contributed by atoms with Crippen molar-refractivity contribution in [1.29, 1.82) is 0 Å². The lowest BCUT2D eigenvalue weighted by atomic mass is 10.2. The third-order valence-corrected chi connectivity index (χ3v) is 4.11. The van der Waals surface area contributed by atoms with Gasteiger partial charge in [-0.15, -0.1) is 0 Å². The Morgan fingerprint density at radius 2 is 1.07 bits per heavy atom. The molecule has 8 heteroatoms. The monoisotopic (exact) mass is 418 g/mol. The highest BCUT2D eigenvalue weighted by Gasteiger charge is 2.03. The summed E-state index contributed by atoms with van der Waals surface area (Å²) in [6.45, 7) is 0. The third-order valence-electron chi connectivity index (χ3n) is 3.60. The van der Waals surface area contributed by atoms with Gasteiger partial charge in [-0.2, -0.15) is 10.2 Å². The molecule has 0 aromatic heterocycles. The number of halogens is 2. The van der Waals surface area contributed by atoms with Crippen molar-refractivity contribution in [1.82, 2.24) is 10.9 Å². The molecule has 6 nitrogen and oxygen atoms in total. The Labute approximate surface area is 173 Å². The van der Waals surface area contributed by atoms with E-state index >= 15 is 0 Å². The number of unbranched alkanes of at least 4 members (excludes halogenated alkanes) is 1. The Morgan fingerprint density at radius 1 is 0.714 bits per heavy atom. The third kappa shape index (κ3) is 8.79. The molecule has 0 atom stereocenters. The minimum atomic E-state index is -0.202. The van der Waals surface area contributed by atoms with Gasteiger partial charge in [0.15, 0.2) is 0 Å². The second-order valence-corrected chi connectivity index (χ2v) is 6.77. The summed E-state index contributed by atoms with van der Waals surface area (Å²) in [5.74, 6) is -0.405. The fourth-order valence-electron chi connectivity index (χ4n) is 2.14. The molecule has 0 bridgehead atoms. The number of carbonyl (C=O) groups excluding carboxylic acids is 2. The van der Waals surface area contributed by atoms with Crippen LogP contribution in [-0.2, 0) is 9.59 Å². The predicted molar refractivity (Wildman–Crippen MR) is 113 cm³/mol. The van der Waals surface area contributed by atoms with Crippen LogP contribution in [0.4, 0.5) is 0 Å². The molecular formula is C20H20Cl2N4O2. The summed E-state index contributed by atoms with van der Waals surface area (Å²) in [5, 5.41) is 9.05. The van der Waals surface area contributed by atoms with Gasteiger partial charge in [0.05, 0.1) is 12.4 Å². The number of benzene rings is 2. The average Bonchev–Trinajstić information content (AvgIpc) is 2.68. The van der Waals surface area contributed by atoms with Crippen molar-refractivity contribution in [2.24, 2.45) is 10.2 Å². The van der Waals surface area contributed by atoms with E-state index in [2.05, 4.69) is 21.1 Å². The molecule has 2 rings (SSSR count). The number of nitrogens with one attached hydrogen (secondary N) is 2. The number of nitrogens with zero attached hydrogens (tertiary/aromatic N) is 2. The fourth-order valence-corrected chi connectivity index (χ4v) is 2.39. The maximum atomic E-state index is 11.7. The van der Waals surface area contributed by atoms with Gasteiger partial charge in [-0.05, 0) is 48.2 Å². The number of carbonyl (C=O) groups is 2. The molecule has 0 heterocycles. The summed E-state index contributed by atoms with van der Waals surface area (Å²) in [7, 11) is 0. The Bertz CT molecular complexity index is 763. The molecule has 2 N–H and O–H groups in total. The number of rotatable bonds is 9. The van der Waals surface area contributed by atoms with E-state index in [1.807, 2.05) is 0 Å². The first-order valence-electron chi connectivity index (χ1n) is 8.68. The topological polar surface area (TPSA) is 82.9 Å². The van der Waals surface area contributed by atoms with Crippen LogP contribution < -0.4 is 10.9 Å². The SMILES string of the molecule is O=C(CCCCC(=O)N/N=C/c1ccc(Cl)cc1)N/N=C\c1ccc(Cl)cc1. The fraction of sp³-hybridized carbons (Fsp3) is 0.200. The maximum absolute atomic E-state index is 11.7. The number of hydrazone groups is 2. The van der Waals surface area contributed by atoms with Crippen LogP contribution in [0.25, 0.3) is 0 Å². The first-order valence-corrected chi connectivity index (χ1v) is 9.43. The lowest BCUT2D eigenvalue weighted by Crippen LogP contribution is -2.19. The minimum Gasteiger partial charge on any atom is -0.273 e. The highest BCUT2D eigenvalue weighted by molar-refractivity contribution is 6.30. The molecule has 2 amide bonds. The van der Waals surface area contributed by atoms with Crippen molar-refractivity contribution in [3.8, 4) is 0 Å². The number of hydrogen-bond acceptors (Lipinski definition) is 4. The van der Waals surface area contributed by atoms with Crippen LogP contribution >= 0.6 is 23.2 Å². The standard InChI is InChI=1S/C20H20Cl2N4O2/c21-17-9-5-15(6-10-17)13-23-25-19(27)3-1-2-4-20(28)26-24-14-16-7-11-18(22)12-8-16/h5-14H,1-4H2,(H,25,27)(H,26,28)/b23-13-,24-14+. The van der Waals surface area contributed by atoms with Gasteiger partial charge in [0.1, 0.15) is 0 Å². The van der Waals surface area contributed by atoms with Crippen LogP contribution in [0.5, 0.6) is 0 Å². The van der Waals surface area contributed by atoms with E-state index in [1.165, 1.54) is 0 Å². The van der Waals surface area contributed by atoms with Crippen molar-refractivity contribution < 1.29 is 9.59 Å². The van der Waals surface area contributed by atoms with Gasteiger partial charge >= 0.3 is 0 Å². The summed E-state index contributed by atoms with van der Waals surface area (Å²) < 4.78 is 0. The molecule has 2 aromatic carbocycles. The summed E-state index contributed by atoms with van der Waals surface area (Å²) in [5.41, 5.74) is 6.58.